The maximum absolute atomic E-state index is 13.9. The monoisotopic (exact) mass is 287 g/mol. The molecule has 0 aliphatic heterocycles. The van der Waals surface area contributed by atoms with Crippen LogP contribution in [0.3, 0.4) is 0 Å². The van der Waals surface area contributed by atoms with E-state index in [4.69, 9.17) is 22.4 Å². The van der Waals surface area contributed by atoms with E-state index in [2.05, 4.69) is 9.97 Å². The van der Waals surface area contributed by atoms with Crippen LogP contribution in [0.4, 0.5) is 10.1 Å². The highest BCUT2D eigenvalue weighted by Gasteiger charge is 2.22. The van der Waals surface area contributed by atoms with Crippen molar-refractivity contribution in [1.82, 2.24) is 9.97 Å². The van der Waals surface area contributed by atoms with Crippen LogP contribution in [0.1, 0.15) is 15.5 Å². The van der Waals surface area contributed by atoms with Gasteiger partial charge in [0.25, 0.3) is 0 Å². The van der Waals surface area contributed by atoms with E-state index in [1.165, 1.54) is 11.3 Å². The summed E-state index contributed by atoms with van der Waals surface area (Å²) >= 11 is 6.93. The maximum Gasteiger partial charge on any atom is 0.356 e. The van der Waals surface area contributed by atoms with Gasteiger partial charge in [0, 0.05) is 5.38 Å². The molecule has 0 aromatic carbocycles. The van der Waals surface area contributed by atoms with Crippen LogP contribution < -0.4 is 5.73 Å². The largest absolute Gasteiger partial charge is 0.476 e. The first-order valence-electron chi connectivity index (χ1n) is 4.72. The minimum Gasteiger partial charge on any atom is -0.476 e. The molecule has 2 rings (SSSR count). The Labute approximate surface area is 110 Å². The van der Waals surface area contributed by atoms with Gasteiger partial charge in [0.05, 0.1) is 15.7 Å². The first-order valence-corrected chi connectivity index (χ1v) is 5.97. The number of nitrogens with zero attached hydrogens (tertiary/aromatic N) is 2. The highest BCUT2D eigenvalue weighted by Crippen LogP contribution is 2.32. The summed E-state index contributed by atoms with van der Waals surface area (Å²) in [6.45, 7) is 1.74. The number of thiazole rings is 1. The molecule has 94 valence electrons. The summed E-state index contributed by atoms with van der Waals surface area (Å²) in [6.07, 6.45) is 0. The number of aromatic nitrogens is 2. The van der Waals surface area contributed by atoms with Gasteiger partial charge in [-0.1, -0.05) is 11.6 Å². The average Bonchev–Trinajstić information content (AvgIpc) is 2.72. The Kier molecular flexibility index (Phi) is 3.18. The third kappa shape index (κ3) is 2.02. The Bertz CT molecular complexity index is 644. The molecule has 0 amide bonds. The smallest absolute Gasteiger partial charge is 0.356 e. The lowest BCUT2D eigenvalue weighted by Gasteiger charge is -2.07. The molecule has 0 bridgehead atoms. The van der Waals surface area contributed by atoms with E-state index in [1.54, 1.807) is 12.3 Å². The molecular formula is C10H7ClFN3O2S. The van der Waals surface area contributed by atoms with Crippen LogP contribution in [0.2, 0.25) is 5.02 Å². The SMILES string of the molecule is Cc1nc(-c2nc(C(=O)O)c(Cl)c(N)c2F)cs1. The summed E-state index contributed by atoms with van der Waals surface area (Å²) in [5.41, 5.74) is 4.53. The third-order valence-corrected chi connectivity index (χ3v) is 3.33. The Morgan fingerprint density at radius 1 is 1.56 bits per heavy atom. The van der Waals surface area contributed by atoms with Crippen LogP contribution in [0.5, 0.6) is 0 Å². The highest BCUT2D eigenvalue weighted by atomic mass is 35.5. The van der Waals surface area contributed by atoms with Gasteiger partial charge in [0.1, 0.15) is 11.4 Å². The summed E-state index contributed by atoms with van der Waals surface area (Å²) < 4.78 is 13.9. The van der Waals surface area contributed by atoms with E-state index in [0.717, 1.165) is 0 Å². The van der Waals surface area contributed by atoms with Gasteiger partial charge < -0.3 is 10.8 Å². The number of pyridine rings is 1. The van der Waals surface area contributed by atoms with Crippen molar-refractivity contribution in [3.05, 3.63) is 26.9 Å². The van der Waals surface area contributed by atoms with Gasteiger partial charge in [0.15, 0.2) is 11.5 Å². The summed E-state index contributed by atoms with van der Waals surface area (Å²) in [5, 5.41) is 10.8. The zero-order valence-electron chi connectivity index (χ0n) is 9.07. The number of carboxylic acid groups (broad SMARTS) is 1. The molecule has 2 aromatic heterocycles. The summed E-state index contributed by atoms with van der Waals surface area (Å²) in [7, 11) is 0. The van der Waals surface area contributed by atoms with Gasteiger partial charge in [-0.25, -0.2) is 19.2 Å². The van der Waals surface area contributed by atoms with Crippen LogP contribution in [0, 0.1) is 12.7 Å². The van der Waals surface area contributed by atoms with Crippen molar-refractivity contribution >= 4 is 34.6 Å². The Morgan fingerprint density at radius 3 is 2.72 bits per heavy atom. The van der Waals surface area contributed by atoms with E-state index < -0.39 is 28.2 Å². The van der Waals surface area contributed by atoms with Crippen molar-refractivity contribution in [1.29, 1.82) is 0 Å². The molecule has 0 fully saturated rings. The molecule has 0 saturated heterocycles. The fourth-order valence-corrected chi connectivity index (χ4v) is 2.15. The van der Waals surface area contributed by atoms with E-state index in [-0.39, 0.29) is 11.4 Å². The quantitative estimate of drug-likeness (QED) is 0.886. The fourth-order valence-electron chi connectivity index (χ4n) is 1.35. The van der Waals surface area contributed by atoms with Crippen LogP contribution in [0.25, 0.3) is 11.4 Å². The molecule has 0 radical (unpaired) electrons. The third-order valence-electron chi connectivity index (χ3n) is 2.18. The van der Waals surface area contributed by atoms with Crippen molar-refractivity contribution in [3.8, 4) is 11.4 Å². The second-order valence-electron chi connectivity index (χ2n) is 3.41. The lowest BCUT2D eigenvalue weighted by atomic mass is 10.2. The number of rotatable bonds is 2. The first-order chi connectivity index (χ1) is 8.41. The molecule has 0 aliphatic carbocycles. The molecule has 18 heavy (non-hydrogen) atoms. The van der Waals surface area contributed by atoms with Crippen LogP contribution in [-0.4, -0.2) is 21.0 Å². The van der Waals surface area contributed by atoms with E-state index >= 15 is 0 Å². The van der Waals surface area contributed by atoms with Gasteiger partial charge in [-0.3, -0.25) is 0 Å². The van der Waals surface area contributed by atoms with Gasteiger partial charge in [0.2, 0.25) is 0 Å². The summed E-state index contributed by atoms with van der Waals surface area (Å²) in [4.78, 5) is 18.6. The zero-order chi connectivity index (χ0) is 13.4. The fraction of sp³-hybridized carbons (Fsp3) is 0.100. The van der Waals surface area contributed by atoms with Gasteiger partial charge >= 0.3 is 5.97 Å². The zero-order valence-corrected chi connectivity index (χ0v) is 10.6. The number of anilines is 1. The number of aromatic carboxylic acids is 1. The predicted molar refractivity (Wildman–Crippen MR) is 66.4 cm³/mol. The van der Waals surface area contributed by atoms with Crippen molar-refractivity contribution in [2.24, 2.45) is 0 Å². The molecule has 0 spiro atoms. The number of nitrogen functional groups attached to an aromatic ring is 1. The predicted octanol–water partition coefficient (Wildman–Crippen LogP) is 2.59. The average molecular weight is 288 g/mol. The van der Waals surface area contributed by atoms with Crippen LogP contribution in [0.15, 0.2) is 5.38 Å². The van der Waals surface area contributed by atoms with Crippen LogP contribution >= 0.6 is 22.9 Å². The Balaban J connectivity index is 2.72. The van der Waals surface area contributed by atoms with E-state index in [0.29, 0.717) is 5.01 Å². The molecule has 0 atom stereocenters. The van der Waals surface area contributed by atoms with E-state index in [1.807, 2.05) is 0 Å². The number of aryl methyl sites for hydroxylation is 1. The first kappa shape index (κ1) is 12.7. The lowest BCUT2D eigenvalue weighted by Crippen LogP contribution is -2.08. The molecular weight excluding hydrogens is 281 g/mol. The molecule has 2 aromatic rings. The minimum atomic E-state index is -1.38. The van der Waals surface area contributed by atoms with Gasteiger partial charge in [-0.05, 0) is 6.92 Å². The second-order valence-corrected chi connectivity index (χ2v) is 4.85. The second kappa shape index (κ2) is 4.51. The molecule has 0 saturated carbocycles. The highest BCUT2D eigenvalue weighted by molar-refractivity contribution is 7.09. The number of hydrogen-bond donors (Lipinski definition) is 2. The Morgan fingerprint density at radius 2 is 2.22 bits per heavy atom. The van der Waals surface area contributed by atoms with Gasteiger partial charge in [-0.15, -0.1) is 11.3 Å². The normalized spacial score (nSPS) is 10.6. The van der Waals surface area contributed by atoms with Crippen molar-refractivity contribution in [3.63, 3.8) is 0 Å². The van der Waals surface area contributed by atoms with Crippen molar-refractivity contribution in [2.75, 3.05) is 5.73 Å². The standard InChI is InChI=1S/C10H7ClFN3O2S/c1-3-14-4(2-18-3)8-6(12)7(13)5(11)9(15-8)10(16)17/h2H,1H3,(H2,13,15)(H,16,17). The molecule has 0 unspecified atom stereocenters. The number of carbonyl (C=O) groups is 1. The molecule has 2 heterocycles. The lowest BCUT2D eigenvalue weighted by molar-refractivity contribution is 0.0691. The number of nitrogens with two attached hydrogens (primary N) is 1. The maximum atomic E-state index is 13.9. The molecule has 8 heteroatoms. The van der Waals surface area contributed by atoms with Crippen molar-refractivity contribution < 1.29 is 14.3 Å². The minimum absolute atomic E-state index is 0.210. The van der Waals surface area contributed by atoms with Gasteiger partial charge in [-0.2, -0.15) is 0 Å². The molecule has 5 nitrogen and oxygen atoms in total. The molecule has 0 aliphatic rings. The van der Waals surface area contributed by atoms with Crippen LogP contribution in [-0.2, 0) is 0 Å². The number of hydrogen-bond acceptors (Lipinski definition) is 5. The van der Waals surface area contributed by atoms with Crippen molar-refractivity contribution in [2.45, 2.75) is 6.92 Å². The molecule has 3 N–H and O–H groups in total. The summed E-state index contributed by atoms with van der Waals surface area (Å²) in [6, 6.07) is 0. The number of halogens is 2. The number of carboxylic acids is 1. The van der Waals surface area contributed by atoms with E-state index in [9.17, 15) is 9.18 Å². The topological polar surface area (TPSA) is 89.1 Å². The Hall–Kier alpha value is -1.73. The summed E-state index contributed by atoms with van der Waals surface area (Å²) in [5.74, 6) is -2.24.